The van der Waals surface area contributed by atoms with Crippen LogP contribution >= 0.6 is 0 Å². The number of carboxylic acids is 1. The Bertz CT molecular complexity index is 942. The molecule has 2 aliphatic rings. The maximum atomic E-state index is 11.0. The predicted molar refractivity (Wildman–Crippen MR) is 75.0 cm³/mol. The quantitative estimate of drug-likeness (QED) is 0.553. The van der Waals surface area contributed by atoms with Gasteiger partial charge in [-0.05, 0) is 24.3 Å². The second kappa shape index (κ2) is 3.77. The summed E-state index contributed by atoms with van der Waals surface area (Å²) in [4.78, 5) is 23.2. The fourth-order valence-corrected chi connectivity index (χ4v) is 2.39. The first kappa shape index (κ1) is 10.9. The lowest BCUT2D eigenvalue weighted by molar-refractivity contribution is 0.0697. The second-order valence-electron chi connectivity index (χ2n) is 4.60. The molecule has 2 aromatic carbocycles. The molecule has 5 heteroatoms. The highest BCUT2D eigenvalue weighted by atomic mass is 16.4. The third-order valence-electron chi connectivity index (χ3n) is 3.35. The van der Waals surface area contributed by atoms with Gasteiger partial charge < -0.3 is 10.1 Å². The summed E-state index contributed by atoms with van der Waals surface area (Å²) in [6.07, 6.45) is 0. The average Bonchev–Trinajstić information content (AvgIpc) is 2.81. The SMILES string of the molecule is O=C(O)c1ccc2[nH]c3c4ccccc4nc-3nc2c1. The number of hydrogen-bond donors (Lipinski definition) is 2. The van der Waals surface area contributed by atoms with E-state index < -0.39 is 5.97 Å². The van der Waals surface area contributed by atoms with Gasteiger partial charge in [0.25, 0.3) is 0 Å². The molecule has 0 amide bonds. The van der Waals surface area contributed by atoms with Crippen LogP contribution < -0.4 is 0 Å². The van der Waals surface area contributed by atoms with Crippen molar-refractivity contribution in [1.82, 2.24) is 15.0 Å². The summed E-state index contributed by atoms with van der Waals surface area (Å²) in [5.74, 6) is -0.365. The van der Waals surface area contributed by atoms with Gasteiger partial charge in [-0.3, -0.25) is 0 Å². The maximum absolute atomic E-state index is 11.0. The van der Waals surface area contributed by atoms with Crippen molar-refractivity contribution < 1.29 is 9.90 Å². The van der Waals surface area contributed by atoms with Crippen molar-refractivity contribution in [1.29, 1.82) is 0 Å². The molecule has 5 nitrogen and oxygen atoms in total. The first-order valence-electron chi connectivity index (χ1n) is 6.14. The van der Waals surface area contributed by atoms with Crippen LogP contribution in [0.3, 0.4) is 0 Å². The minimum absolute atomic E-state index is 0.217. The molecule has 0 saturated carbocycles. The lowest BCUT2D eigenvalue weighted by Crippen LogP contribution is -1.98. The predicted octanol–water partition coefficient (Wildman–Crippen LogP) is 2.91. The zero-order valence-electron chi connectivity index (χ0n) is 10.3. The third-order valence-corrected chi connectivity index (χ3v) is 3.35. The van der Waals surface area contributed by atoms with Crippen LogP contribution in [0.15, 0.2) is 42.5 Å². The number of para-hydroxylation sites is 1. The summed E-state index contributed by atoms with van der Waals surface area (Å²) < 4.78 is 0. The smallest absolute Gasteiger partial charge is 0.335 e. The first-order chi connectivity index (χ1) is 9.72. The zero-order valence-corrected chi connectivity index (χ0v) is 10.3. The van der Waals surface area contributed by atoms with Crippen LogP contribution in [-0.4, -0.2) is 26.0 Å². The van der Waals surface area contributed by atoms with Gasteiger partial charge in [0.15, 0.2) is 5.82 Å². The topological polar surface area (TPSA) is 78.9 Å². The van der Waals surface area contributed by atoms with Crippen LogP contribution in [0.2, 0.25) is 0 Å². The van der Waals surface area contributed by atoms with E-state index in [1.54, 1.807) is 18.2 Å². The Morgan fingerprint density at radius 1 is 1.05 bits per heavy atom. The van der Waals surface area contributed by atoms with Gasteiger partial charge in [0, 0.05) is 5.39 Å². The van der Waals surface area contributed by atoms with Crippen LogP contribution in [0.4, 0.5) is 0 Å². The largest absolute Gasteiger partial charge is 0.478 e. The number of benzene rings is 2. The molecule has 0 radical (unpaired) electrons. The Labute approximate surface area is 113 Å². The molecule has 0 bridgehead atoms. The Balaban J connectivity index is 2.10. The number of fused-ring (bicyclic) bond motifs is 4. The minimum Gasteiger partial charge on any atom is -0.478 e. The van der Waals surface area contributed by atoms with Crippen LogP contribution in [0.25, 0.3) is 33.5 Å². The van der Waals surface area contributed by atoms with E-state index in [-0.39, 0.29) is 5.56 Å². The number of H-pyrrole nitrogens is 1. The number of carboxylic acid groups (broad SMARTS) is 1. The molecule has 96 valence electrons. The molecule has 2 N–H and O–H groups in total. The summed E-state index contributed by atoms with van der Waals surface area (Å²) in [6.45, 7) is 0. The number of nitrogens with one attached hydrogen (secondary N) is 1. The first-order valence-corrected chi connectivity index (χ1v) is 6.14. The van der Waals surface area contributed by atoms with Crippen LogP contribution in [0.5, 0.6) is 0 Å². The van der Waals surface area contributed by atoms with E-state index in [0.717, 1.165) is 22.1 Å². The van der Waals surface area contributed by atoms with E-state index in [4.69, 9.17) is 5.11 Å². The van der Waals surface area contributed by atoms with E-state index >= 15 is 0 Å². The van der Waals surface area contributed by atoms with Crippen LogP contribution in [0.1, 0.15) is 10.4 Å². The van der Waals surface area contributed by atoms with E-state index in [2.05, 4.69) is 15.0 Å². The number of aromatic amines is 1. The molecule has 2 aliphatic heterocycles. The molecule has 0 unspecified atom stereocenters. The molecular weight excluding hydrogens is 254 g/mol. The average molecular weight is 263 g/mol. The van der Waals surface area contributed by atoms with Crippen molar-refractivity contribution in [3.63, 3.8) is 0 Å². The van der Waals surface area contributed by atoms with E-state index in [1.165, 1.54) is 0 Å². The van der Waals surface area contributed by atoms with Gasteiger partial charge in [0.05, 0.1) is 27.8 Å². The van der Waals surface area contributed by atoms with E-state index in [0.29, 0.717) is 11.3 Å². The Kier molecular flexibility index (Phi) is 2.06. The van der Waals surface area contributed by atoms with E-state index in [9.17, 15) is 4.79 Å². The Hall–Kier alpha value is -2.95. The molecular formula is C15H9N3O2. The highest BCUT2D eigenvalue weighted by Crippen LogP contribution is 2.29. The van der Waals surface area contributed by atoms with Crippen molar-refractivity contribution >= 4 is 27.9 Å². The summed E-state index contributed by atoms with van der Waals surface area (Å²) in [7, 11) is 0. The fourth-order valence-electron chi connectivity index (χ4n) is 2.39. The van der Waals surface area contributed by atoms with Gasteiger partial charge in [0.1, 0.15) is 0 Å². The van der Waals surface area contributed by atoms with Crippen molar-refractivity contribution in [3.8, 4) is 11.5 Å². The van der Waals surface area contributed by atoms with Crippen molar-refractivity contribution in [2.24, 2.45) is 0 Å². The standard InChI is InChI=1S/C15H9N3O2/c19-15(20)8-5-6-11-12(7-8)18-14-13(16-11)9-3-1-2-4-10(9)17-14/h1-7,16H,(H,19,20). The molecule has 0 aromatic heterocycles. The number of carbonyl (C=O) groups is 1. The number of aromatic nitrogens is 3. The molecule has 2 heterocycles. The number of nitrogens with zero attached hydrogens (tertiary/aromatic N) is 2. The molecule has 4 rings (SSSR count). The van der Waals surface area contributed by atoms with Crippen molar-refractivity contribution in [3.05, 3.63) is 48.0 Å². The number of hydrogen-bond acceptors (Lipinski definition) is 3. The maximum Gasteiger partial charge on any atom is 0.335 e. The summed E-state index contributed by atoms with van der Waals surface area (Å²) in [5.41, 5.74) is 3.35. The van der Waals surface area contributed by atoms with Crippen LogP contribution in [0, 0.1) is 0 Å². The second-order valence-corrected chi connectivity index (χ2v) is 4.60. The fraction of sp³-hybridized carbons (Fsp3) is 0. The Morgan fingerprint density at radius 3 is 2.70 bits per heavy atom. The molecule has 0 aliphatic carbocycles. The highest BCUT2D eigenvalue weighted by Gasteiger charge is 2.15. The lowest BCUT2D eigenvalue weighted by Gasteiger charge is -2.04. The molecule has 0 atom stereocenters. The van der Waals surface area contributed by atoms with Crippen LogP contribution in [-0.2, 0) is 0 Å². The molecule has 0 saturated heterocycles. The van der Waals surface area contributed by atoms with Gasteiger partial charge in [-0.2, -0.15) is 0 Å². The lowest BCUT2D eigenvalue weighted by atomic mass is 10.1. The normalized spacial score (nSPS) is 11.4. The molecule has 0 fully saturated rings. The summed E-state index contributed by atoms with van der Waals surface area (Å²) >= 11 is 0. The highest BCUT2D eigenvalue weighted by molar-refractivity contribution is 5.98. The molecule has 0 spiro atoms. The van der Waals surface area contributed by atoms with Gasteiger partial charge in [-0.1, -0.05) is 18.2 Å². The molecule has 20 heavy (non-hydrogen) atoms. The number of rotatable bonds is 1. The van der Waals surface area contributed by atoms with Gasteiger partial charge in [0.2, 0.25) is 0 Å². The van der Waals surface area contributed by atoms with Gasteiger partial charge >= 0.3 is 5.97 Å². The number of aromatic carboxylic acids is 1. The summed E-state index contributed by atoms with van der Waals surface area (Å²) in [6, 6.07) is 12.6. The minimum atomic E-state index is -0.963. The summed E-state index contributed by atoms with van der Waals surface area (Å²) in [5, 5.41) is 10.0. The van der Waals surface area contributed by atoms with Crippen molar-refractivity contribution in [2.45, 2.75) is 0 Å². The van der Waals surface area contributed by atoms with Gasteiger partial charge in [-0.15, -0.1) is 0 Å². The zero-order chi connectivity index (χ0) is 13.7. The van der Waals surface area contributed by atoms with Gasteiger partial charge in [-0.25, -0.2) is 14.8 Å². The van der Waals surface area contributed by atoms with Crippen molar-refractivity contribution in [2.75, 3.05) is 0 Å². The third kappa shape index (κ3) is 1.46. The van der Waals surface area contributed by atoms with E-state index in [1.807, 2.05) is 24.3 Å². The Morgan fingerprint density at radius 2 is 1.85 bits per heavy atom. The monoisotopic (exact) mass is 263 g/mol. The molecule has 2 aromatic rings.